The van der Waals surface area contributed by atoms with Crippen LogP contribution in [0.1, 0.15) is 27.0 Å². The Bertz CT molecular complexity index is 995. The van der Waals surface area contributed by atoms with Gasteiger partial charge in [-0.25, -0.2) is 0 Å². The van der Waals surface area contributed by atoms with E-state index in [0.29, 0.717) is 30.3 Å². The molecule has 156 valence electrons. The molecule has 6 nitrogen and oxygen atoms in total. The van der Waals surface area contributed by atoms with Gasteiger partial charge in [-0.3, -0.25) is 14.6 Å². The van der Waals surface area contributed by atoms with Gasteiger partial charge in [0.25, 0.3) is 0 Å². The number of benzene rings is 2. The second kappa shape index (κ2) is 8.22. The van der Waals surface area contributed by atoms with Crippen molar-refractivity contribution in [3.8, 4) is 11.5 Å². The molecular formula is C24H26N2O4. The Morgan fingerprint density at radius 2 is 1.83 bits per heavy atom. The molecule has 2 aromatic rings. The summed E-state index contributed by atoms with van der Waals surface area (Å²) < 4.78 is 17.5. The number of rotatable bonds is 4. The zero-order chi connectivity index (χ0) is 20.5. The molecule has 3 heterocycles. The number of hydrogen-bond donors (Lipinski definition) is 0. The van der Waals surface area contributed by atoms with Crippen LogP contribution in [0, 0.1) is 6.92 Å². The predicted octanol–water partition coefficient (Wildman–Crippen LogP) is 3.10. The first-order valence-corrected chi connectivity index (χ1v) is 10.5. The molecule has 0 N–H and O–H groups in total. The molecule has 2 aromatic carbocycles. The Balaban J connectivity index is 1.35. The van der Waals surface area contributed by atoms with Crippen LogP contribution in [0.15, 0.2) is 42.2 Å². The lowest BCUT2D eigenvalue weighted by atomic mass is 10.0. The third-order valence-corrected chi connectivity index (χ3v) is 5.99. The maximum absolute atomic E-state index is 12.9. The Labute approximate surface area is 176 Å². The number of ketones is 1. The van der Waals surface area contributed by atoms with E-state index < -0.39 is 0 Å². The average molecular weight is 406 g/mol. The molecule has 0 atom stereocenters. The van der Waals surface area contributed by atoms with Crippen molar-refractivity contribution < 1.29 is 19.0 Å². The van der Waals surface area contributed by atoms with Crippen LogP contribution in [-0.2, 0) is 11.3 Å². The van der Waals surface area contributed by atoms with Crippen LogP contribution in [-0.4, -0.2) is 61.7 Å². The summed E-state index contributed by atoms with van der Waals surface area (Å²) in [6.45, 7) is 8.75. The Morgan fingerprint density at radius 3 is 2.67 bits per heavy atom. The van der Waals surface area contributed by atoms with Crippen LogP contribution in [0.3, 0.4) is 0 Å². The monoisotopic (exact) mass is 406 g/mol. The first kappa shape index (κ1) is 19.3. The highest BCUT2D eigenvalue weighted by atomic mass is 16.5. The number of carbonyl (C=O) groups excluding carboxylic acids is 1. The van der Waals surface area contributed by atoms with Gasteiger partial charge in [0.2, 0.25) is 5.78 Å². The average Bonchev–Trinajstić information content (AvgIpc) is 3.10. The van der Waals surface area contributed by atoms with Crippen LogP contribution >= 0.6 is 0 Å². The number of morpholine rings is 1. The predicted molar refractivity (Wildman–Crippen MR) is 114 cm³/mol. The molecule has 1 fully saturated rings. The normalized spacial score (nSPS) is 20.6. The summed E-state index contributed by atoms with van der Waals surface area (Å²) in [7, 11) is 0. The molecule has 6 heteroatoms. The zero-order valence-corrected chi connectivity index (χ0v) is 17.2. The fourth-order valence-corrected chi connectivity index (χ4v) is 4.15. The number of nitrogens with zero attached hydrogens (tertiary/aromatic N) is 2. The van der Waals surface area contributed by atoms with Crippen molar-refractivity contribution >= 4 is 11.9 Å². The topological polar surface area (TPSA) is 51.2 Å². The zero-order valence-electron chi connectivity index (χ0n) is 17.2. The molecule has 0 bridgehead atoms. The third kappa shape index (κ3) is 3.74. The van der Waals surface area contributed by atoms with Gasteiger partial charge in [-0.05, 0) is 36.3 Å². The Kier molecular flexibility index (Phi) is 5.29. The summed E-state index contributed by atoms with van der Waals surface area (Å²) in [5, 5.41) is 0. The van der Waals surface area contributed by atoms with E-state index in [1.54, 1.807) is 0 Å². The van der Waals surface area contributed by atoms with Gasteiger partial charge in [0.15, 0.2) is 5.76 Å². The van der Waals surface area contributed by atoms with E-state index in [0.717, 1.165) is 61.8 Å². The summed E-state index contributed by atoms with van der Waals surface area (Å²) in [5.41, 5.74) is 3.68. The molecule has 1 saturated heterocycles. The minimum absolute atomic E-state index is 0.0681. The molecule has 5 rings (SSSR count). The largest absolute Gasteiger partial charge is 0.478 e. The van der Waals surface area contributed by atoms with Gasteiger partial charge in [0.05, 0.1) is 24.3 Å². The number of Topliss-reactive ketones (excluding diaryl/α,β-unsaturated/α-hetero) is 1. The molecular weight excluding hydrogens is 380 g/mol. The molecule has 0 spiro atoms. The molecule has 3 aliphatic rings. The third-order valence-electron chi connectivity index (χ3n) is 5.99. The molecule has 0 aromatic heterocycles. The van der Waals surface area contributed by atoms with Crippen LogP contribution in [0.5, 0.6) is 11.5 Å². The minimum atomic E-state index is -0.0681. The van der Waals surface area contributed by atoms with E-state index in [9.17, 15) is 4.79 Å². The fraction of sp³-hybridized carbons (Fsp3) is 0.375. The van der Waals surface area contributed by atoms with E-state index in [2.05, 4.69) is 9.80 Å². The van der Waals surface area contributed by atoms with Gasteiger partial charge >= 0.3 is 0 Å². The summed E-state index contributed by atoms with van der Waals surface area (Å²) in [6, 6.07) is 11.7. The van der Waals surface area contributed by atoms with E-state index in [1.807, 2.05) is 49.4 Å². The molecule has 0 saturated carbocycles. The van der Waals surface area contributed by atoms with Crippen molar-refractivity contribution in [2.45, 2.75) is 13.5 Å². The van der Waals surface area contributed by atoms with Crippen LogP contribution in [0.2, 0.25) is 0 Å². The quantitative estimate of drug-likeness (QED) is 0.728. The Morgan fingerprint density at radius 1 is 1.03 bits per heavy atom. The van der Waals surface area contributed by atoms with Crippen LogP contribution < -0.4 is 9.47 Å². The van der Waals surface area contributed by atoms with Gasteiger partial charge in [-0.15, -0.1) is 0 Å². The van der Waals surface area contributed by atoms with Gasteiger partial charge in [0.1, 0.15) is 18.2 Å². The van der Waals surface area contributed by atoms with Crippen molar-refractivity contribution in [1.29, 1.82) is 0 Å². The number of fused-ring (bicyclic) bond motifs is 3. The second-order valence-electron chi connectivity index (χ2n) is 8.00. The number of aryl methyl sites for hydroxylation is 1. The standard InChI is InChI=1S/C24H26N2O4/c1-17-4-2-3-5-18(17)14-22-23(27)19-6-7-21-20(24(19)30-22)15-26(16-29-21)9-8-25-10-12-28-13-11-25/h2-7,14H,8-13,15-16H2,1H3/b22-14-. The summed E-state index contributed by atoms with van der Waals surface area (Å²) in [4.78, 5) is 17.6. The first-order valence-electron chi connectivity index (χ1n) is 10.5. The molecule has 0 unspecified atom stereocenters. The molecule has 0 radical (unpaired) electrons. The van der Waals surface area contributed by atoms with Crippen LogP contribution in [0.25, 0.3) is 6.08 Å². The lowest BCUT2D eigenvalue weighted by molar-refractivity contribution is 0.0239. The summed E-state index contributed by atoms with van der Waals surface area (Å²) in [5.74, 6) is 1.76. The Hall–Kier alpha value is -2.67. The summed E-state index contributed by atoms with van der Waals surface area (Å²) >= 11 is 0. The second-order valence-corrected chi connectivity index (χ2v) is 8.00. The van der Waals surface area contributed by atoms with Gasteiger partial charge in [-0.2, -0.15) is 0 Å². The number of ether oxygens (including phenoxy) is 3. The molecule has 3 aliphatic heterocycles. The van der Waals surface area contributed by atoms with E-state index in [-0.39, 0.29) is 5.78 Å². The number of hydrogen-bond acceptors (Lipinski definition) is 6. The smallest absolute Gasteiger partial charge is 0.231 e. The van der Waals surface area contributed by atoms with Gasteiger partial charge in [-0.1, -0.05) is 24.3 Å². The fourth-order valence-electron chi connectivity index (χ4n) is 4.15. The van der Waals surface area contributed by atoms with E-state index >= 15 is 0 Å². The SMILES string of the molecule is Cc1ccccc1/C=C1\Oc2c(ccc3c2CN(CCN2CCOCC2)CO3)C1=O. The molecule has 0 amide bonds. The summed E-state index contributed by atoms with van der Waals surface area (Å²) in [6.07, 6.45) is 1.84. The van der Waals surface area contributed by atoms with Crippen molar-refractivity contribution in [2.24, 2.45) is 0 Å². The van der Waals surface area contributed by atoms with E-state index in [4.69, 9.17) is 14.2 Å². The van der Waals surface area contributed by atoms with Crippen molar-refractivity contribution in [2.75, 3.05) is 46.1 Å². The number of carbonyl (C=O) groups is 1. The molecule has 0 aliphatic carbocycles. The highest BCUT2D eigenvalue weighted by molar-refractivity contribution is 6.15. The highest BCUT2D eigenvalue weighted by Gasteiger charge is 2.33. The highest BCUT2D eigenvalue weighted by Crippen LogP contribution is 2.42. The van der Waals surface area contributed by atoms with E-state index in [1.165, 1.54) is 0 Å². The first-order chi connectivity index (χ1) is 14.7. The lowest BCUT2D eigenvalue weighted by Crippen LogP contribution is -2.43. The van der Waals surface area contributed by atoms with Crippen molar-refractivity contribution in [3.63, 3.8) is 0 Å². The van der Waals surface area contributed by atoms with Gasteiger partial charge in [0, 0.05) is 32.7 Å². The van der Waals surface area contributed by atoms with Crippen molar-refractivity contribution in [3.05, 3.63) is 64.4 Å². The van der Waals surface area contributed by atoms with Crippen molar-refractivity contribution in [1.82, 2.24) is 9.80 Å². The maximum atomic E-state index is 12.9. The maximum Gasteiger partial charge on any atom is 0.231 e. The van der Waals surface area contributed by atoms with Gasteiger partial charge < -0.3 is 14.2 Å². The van der Waals surface area contributed by atoms with Crippen LogP contribution in [0.4, 0.5) is 0 Å². The minimum Gasteiger partial charge on any atom is -0.478 e. The number of allylic oxidation sites excluding steroid dienone is 1. The molecule has 30 heavy (non-hydrogen) atoms. The lowest BCUT2D eigenvalue weighted by Gasteiger charge is -2.33.